The molecule has 0 aliphatic heterocycles. The van der Waals surface area contributed by atoms with Crippen LogP contribution in [0, 0.1) is 0 Å². The number of aliphatic hydroxyl groups is 1. The Kier molecular flexibility index (Phi) is 4.08. The molecule has 3 N–H and O–H groups in total. The highest BCUT2D eigenvalue weighted by molar-refractivity contribution is 5.81. The topological polar surface area (TPSA) is 86.6 Å². The summed E-state index contributed by atoms with van der Waals surface area (Å²) in [4.78, 5) is 21.6. The first-order valence-corrected chi connectivity index (χ1v) is 5.22. The summed E-state index contributed by atoms with van der Waals surface area (Å²) in [6.45, 7) is -0.0637. The molecular formula is C10H17NO4. The molecule has 0 radical (unpaired) electrons. The maximum atomic E-state index is 11.4. The molecule has 0 aromatic heterocycles. The molecule has 1 rings (SSSR count). The second-order valence-corrected chi connectivity index (χ2v) is 4.09. The van der Waals surface area contributed by atoms with E-state index < -0.39 is 11.5 Å². The lowest BCUT2D eigenvalue weighted by Gasteiger charge is -2.27. The molecular weight excluding hydrogens is 198 g/mol. The minimum Gasteiger partial charge on any atom is -0.481 e. The van der Waals surface area contributed by atoms with Gasteiger partial charge in [-0.05, 0) is 12.8 Å². The van der Waals surface area contributed by atoms with Crippen molar-refractivity contribution in [3.63, 3.8) is 0 Å². The quantitative estimate of drug-likeness (QED) is 0.614. The number of hydrogen-bond acceptors (Lipinski definition) is 3. The number of aliphatic carboxylic acids is 1. The van der Waals surface area contributed by atoms with Gasteiger partial charge in [-0.3, -0.25) is 9.59 Å². The minimum absolute atomic E-state index is 0.0168. The first kappa shape index (κ1) is 12.0. The van der Waals surface area contributed by atoms with Crippen molar-refractivity contribution in [2.75, 3.05) is 6.61 Å². The van der Waals surface area contributed by atoms with E-state index in [4.69, 9.17) is 5.11 Å². The molecule has 0 atom stereocenters. The molecule has 0 bridgehead atoms. The molecule has 1 amide bonds. The standard InChI is InChI=1S/C10H17NO4/c12-7-10(5-1-2-6-10)11-8(13)3-4-9(14)15/h12H,1-7H2,(H,11,13)(H,14,15). The van der Waals surface area contributed by atoms with Gasteiger partial charge >= 0.3 is 5.97 Å². The molecule has 0 aromatic carbocycles. The molecule has 1 fully saturated rings. The van der Waals surface area contributed by atoms with E-state index in [-0.39, 0.29) is 25.4 Å². The Hall–Kier alpha value is -1.10. The van der Waals surface area contributed by atoms with Crippen LogP contribution in [0.5, 0.6) is 0 Å². The molecule has 5 nitrogen and oxygen atoms in total. The number of carboxylic acids is 1. The van der Waals surface area contributed by atoms with Crippen LogP contribution in [0.1, 0.15) is 38.5 Å². The predicted molar refractivity (Wildman–Crippen MR) is 53.3 cm³/mol. The van der Waals surface area contributed by atoms with Gasteiger partial charge in [0, 0.05) is 6.42 Å². The van der Waals surface area contributed by atoms with Crippen LogP contribution < -0.4 is 5.32 Å². The summed E-state index contributed by atoms with van der Waals surface area (Å²) >= 11 is 0. The van der Waals surface area contributed by atoms with Gasteiger partial charge in [-0.2, -0.15) is 0 Å². The zero-order valence-electron chi connectivity index (χ0n) is 8.66. The lowest BCUT2D eigenvalue weighted by molar-refractivity contribution is -0.139. The van der Waals surface area contributed by atoms with Gasteiger partial charge in [0.05, 0.1) is 18.6 Å². The number of carbonyl (C=O) groups is 2. The van der Waals surface area contributed by atoms with Crippen LogP contribution in [0.25, 0.3) is 0 Å². The molecule has 15 heavy (non-hydrogen) atoms. The van der Waals surface area contributed by atoms with E-state index in [0.717, 1.165) is 25.7 Å². The van der Waals surface area contributed by atoms with Crippen LogP contribution >= 0.6 is 0 Å². The van der Waals surface area contributed by atoms with Crippen molar-refractivity contribution in [1.29, 1.82) is 0 Å². The second kappa shape index (κ2) is 5.11. The fourth-order valence-electron chi connectivity index (χ4n) is 1.95. The van der Waals surface area contributed by atoms with Crippen LogP contribution in [0.3, 0.4) is 0 Å². The SMILES string of the molecule is O=C(O)CCC(=O)NC1(CO)CCCC1. The Labute approximate surface area is 88.5 Å². The molecule has 0 spiro atoms. The third-order valence-electron chi connectivity index (χ3n) is 2.83. The van der Waals surface area contributed by atoms with Gasteiger partial charge in [-0.1, -0.05) is 12.8 Å². The molecule has 0 heterocycles. The van der Waals surface area contributed by atoms with Crippen LogP contribution in [0.15, 0.2) is 0 Å². The average molecular weight is 215 g/mol. The molecule has 1 aliphatic carbocycles. The first-order chi connectivity index (χ1) is 7.08. The van der Waals surface area contributed by atoms with Crippen LogP contribution in [-0.4, -0.2) is 34.2 Å². The summed E-state index contributed by atoms with van der Waals surface area (Å²) in [5.41, 5.74) is -0.490. The zero-order chi connectivity index (χ0) is 11.3. The lowest BCUT2D eigenvalue weighted by atomic mass is 9.98. The number of carboxylic acid groups (broad SMARTS) is 1. The highest BCUT2D eigenvalue weighted by atomic mass is 16.4. The van der Waals surface area contributed by atoms with E-state index in [1.807, 2.05) is 0 Å². The Bertz CT molecular complexity index is 246. The van der Waals surface area contributed by atoms with E-state index in [1.165, 1.54) is 0 Å². The van der Waals surface area contributed by atoms with E-state index in [0.29, 0.717) is 0 Å². The van der Waals surface area contributed by atoms with E-state index in [2.05, 4.69) is 5.32 Å². The van der Waals surface area contributed by atoms with Crippen molar-refractivity contribution in [2.24, 2.45) is 0 Å². The zero-order valence-corrected chi connectivity index (χ0v) is 8.66. The van der Waals surface area contributed by atoms with Crippen molar-refractivity contribution < 1.29 is 19.8 Å². The van der Waals surface area contributed by atoms with Gasteiger partial charge in [0.25, 0.3) is 0 Å². The summed E-state index contributed by atoms with van der Waals surface area (Å²) < 4.78 is 0. The molecule has 0 saturated heterocycles. The predicted octanol–water partition coefficient (Wildman–Crippen LogP) is 0.272. The summed E-state index contributed by atoms with van der Waals surface area (Å²) in [5, 5.41) is 20.4. The molecule has 0 unspecified atom stereocenters. The smallest absolute Gasteiger partial charge is 0.303 e. The fraction of sp³-hybridized carbons (Fsp3) is 0.800. The molecule has 86 valence electrons. The van der Waals surface area contributed by atoms with Crippen LogP contribution in [0.4, 0.5) is 0 Å². The lowest BCUT2D eigenvalue weighted by Crippen LogP contribution is -2.49. The van der Waals surface area contributed by atoms with E-state index in [9.17, 15) is 14.7 Å². The molecule has 1 saturated carbocycles. The third-order valence-corrected chi connectivity index (χ3v) is 2.83. The monoisotopic (exact) mass is 215 g/mol. The number of carbonyl (C=O) groups excluding carboxylic acids is 1. The summed E-state index contributed by atoms with van der Waals surface area (Å²) in [6, 6.07) is 0. The number of rotatable bonds is 5. The van der Waals surface area contributed by atoms with Crippen molar-refractivity contribution in [3.8, 4) is 0 Å². The number of aliphatic hydroxyl groups excluding tert-OH is 1. The van der Waals surface area contributed by atoms with Crippen molar-refractivity contribution in [3.05, 3.63) is 0 Å². The molecule has 5 heteroatoms. The molecule has 1 aliphatic rings. The minimum atomic E-state index is -0.977. The number of nitrogens with one attached hydrogen (secondary N) is 1. The van der Waals surface area contributed by atoms with Crippen LogP contribution in [-0.2, 0) is 9.59 Å². The Morgan fingerprint density at radius 3 is 2.27 bits per heavy atom. The van der Waals surface area contributed by atoms with Crippen LogP contribution in [0.2, 0.25) is 0 Å². The number of amides is 1. The largest absolute Gasteiger partial charge is 0.481 e. The summed E-state index contributed by atoms with van der Waals surface area (Å²) in [5.74, 6) is -1.26. The second-order valence-electron chi connectivity index (χ2n) is 4.09. The van der Waals surface area contributed by atoms with Gasteiger partial charge in [0.15, 0.2) is 0 Å². The highest BCUT2D eigenvalue weighted by Gasteiger charge is 2.34. The fourth-order valence-corrected chi connectivity index (χ4v) is 1.95. The van der Waals surface area contributed by atoms with Crippen molar-refractivity contribution >= 4 is 11.9 Å². The van der Waals surface area contributed by atoms with Gasteiger partial charge in [0.2, 0.25) is 5.91 Å². The maximum absolute atomic E-state index is 11.4. The van der Waals surface area contributed by atoms with Gasteiger partial charge in [0.1, 0.15) is 0 Å². The van der Waals surface area contributed by atoms with Crippen molar-refractivity contribution in [2.45, 2.75) is 44.1 Å². The highest BCUT2D eigenvalue weighted by Crippen LogP contribution is 2.29. The molecule has 0 aromatic rings. The Balaban J connectivity index is 2.38. The first-order valence-electron chi connectivity index (χ1n) is 5.22. The Morgan fingerprint density at radius 1 is 1.20 bits per heavy atom. The van der Waals surface area contributed by atoms with Gasteiger partial charge in [-0.15, -0.1) is 0 Å². The Morgan fingerprint density at radius 2 is 1.80 bits per heavy atom. The van der Waals surface area contributed by atoms with Gasteiger partial charge in [-0.25, -0.2) is 0 Å². The summed E-state index contributed by atoms with van der Waals surface area (Å²) in [7, 11) is 0. The third kappa shape index (κ3) is 3.51. The van der Waals surface area contributed by atoms with E-state index >= 15 is 0 Å². The summed E-state index contributed by atoms with van der Waals surface area (Å²) in [6.07, 6.45) is 3.38. The van der Waals surface area contributed by atoms with Crippen molar-refractivity contribution in [1.82, 2.24) is 5.32 Å². The normalized spacial score (nSPS) is 18.7. The van der Waals surface area contributed by atoms with Gasteiger partial charge < -0.3 is 15.5 Å². The van der Waals surface area contributed by atoms with E-state index in [1.54, 1.807) is 0 Å². The number of hydrogen-bond donors (Lipinski definition) is 3. The maximum Gasteiger partial charge on any atom is 0.303 e. The average Bonchev–Trinajstić information content (AvgIpc) is 2.64.